The summed E-state index contributed by atoms with van der Waals surface area (Å²) >= 11 is 0. The van der Waals surface area contributed by atoms with Gasteiger partial charge in [-0.2, -0.15) is 0 Å². The van der Waals surface area contributed by atoms with Crippen LogP contribution in [0.2, 0.25) is 0 Å². The molecule has 0 radical (unpaired) electrons. The largest absolute Gasteiger partial charge is 0.497 e. The van der Waals surface area contributed by atoms with E-state index >= 15 is 0 Å². The zero-order valence-electron chi connectivity index (χ0n) is 15.1. The van der Waals surface area contributed by atoms with Crippen molar-refractivity contribution in [3.8, 4) is 11.5 Å². The smallest absolute Gasteiger partial charge is 0.223 e. The summed E-state index contributed by atoms with van der Waals surface area (Å²) in [5, 5.41) is 9.30. The van der Waals surface area contributed by atoms with Gasteiger partial charge in [-0.15, -0.1) is 0 Å². The standard InChI is InChI=1S/C20H24FNO4/c1-25-18-8-7-16(19(13-18)26-2)14-22(10-11-23)20(24)9-6-15-4-3-5-17(21)12-15/h3-5,7-8,12-13,23H,6,9-11,14H2,1-2H3. The molecule has 0 aliphatic carbocycles. The third kappa shape index (κ3) is 5.46. The Bertz CT molecular complexity index is 736. The Balaban J connectivity index is 2.06. The molecule has 2 rings (SSSR count). The molecular weight excluding hydrogens is 337 g/mol. The van der Waals surface area contributed by atoms with Crippen LogP contribution in [0, 0.1) is 5.82 Å². The summed E-state index contributed by atoms with van der Waals surface area (Å²) in [6.45, 7) is 0.400. The van der Waals surface area contributed by atoms with Crippen LogP contribution in [0.25, 0.3) is 0 Å². The molecule has 0 bridgehead atoms. The van der Waals surface area contributed by atoms with Gasteiger partial charge in [-0.3, -0.25) is 4.79 Å². The van der Waals surface area contributed by atoms with Crippen molar-refractivity contribution < 1.29 is 23.8 Å². The predicted molar refractivity (Wildman–Crippen MR) is 96.8 cm³/mol. The number of aliphatic hydroxyl groups is 1. The molecule has 6 heteroatoms. The van der Waals surface area contributed by atoms with E-state index in [1.165, 1.54) is 12.1 Å². The van der Waals surface area contributed by atoms with E-state index in [0.717, 1.165) is 11.1 Å². The Hall–Kier alpha value is -2.60. The average Bonchev–Trinajstić information content (AvgIpc) is 2.66. The maximum absolute atomic E-state index is 13.3. The number of aliphatic hydroxyl groups excluding tert-OH is 1. The molecule has 1 amide bonds. The van der Waals surface area contributed by atoms with Crippen molar-refractivity contribution in [1.29, 1.82) is 0 Å². The number of carbonyl (C=O) groups is 1. The summed E-state index contributed by atoms with van der Waals surface area (Å²) in [6, 6.07) is 11.6. The van der Waals surface area contributed by atoms with E-state index < -0.39 is 0 Å². The van der Waals surface area contributed by atoms with Crippen LogP contribution in [0.3, 0.4) is 0 Å². The summed E-state index contributed by atoms with van der Waals surface area (Å²) in [4.78, 5) is 14.1. The maximum atomic E-state index is 13.3. The van der Waals surface area contributed by atoms with Crippen molar-refractivity contribution in [1.82, 2.24) is 4.90 Å². The predicted octanol–water partition coefficient (Wildman–Crippen LogP) is 2.80. The van der Waals surface area contributed by atoms with E-state index in [0.29, 0.717) is 24.5 Å². The Morgan fingerprint density at radius 1 is 1.15 bits per heavy atom. The van der Waals surface area contributed by atoms with E-state index in [-0.39, 0.29) is 31.3 Å². The monoisotopic (exact) mass is 361 g/mol. The number of halogens is 1. The molecule has 0 fully saturated rings. The third-order valence-corrected chi connectivity index (χ3v) is 4.09. The molecule has 0 saturated carbocycles. The second-order valence-corrected chi connectivity index (χ2v) is 5.85. The van der Waals surface area contributed by atoms with Gasteiger partial charge in [-0.05, 0) is 36.2 Å². The van der Waals surface area contributed by atoms with Gasteiger partial charge < -0.3 is 19.5 Å². The number of methoxy groups -OCH3 is 2. The highest BCUT2D eigenvalue weighted by atomic mass is 19.1. The average molecular weight is 361 g/mol. The molecule has 0 unspecified atom stereocenters. The van der Waals surface area contributed by atoms with E-state index in [9.17, 15) is 14.3 Å². The molecule has 2 aromatic carbocycles. The van der Waals surface area contributed by atoms with E-state index in [1.807, 2.05) is 6.07 Å². The first-order valence-electron chi connectivity index (χ1n) is 8.41. The molecule has 0 heterocycles. The number of hydrogen-bond donors (Lipinski definition) is 1. The highest BCUT2D eigenvalue weighted by Gasteiger charge is 2.16. The molecule has 0 aliphatic rings. The van der Waals surface area contributed by atoms with Gasteiger partial charge in [-0.1, -0.05) is 12.1 Å². The first-order valence-corrected chi connectivity index (χ1v) is 8.41. The molecule has 2 aromatic rings. The molecular formula is C20H24FNO4. The summed E-state index contributed by atoms with van der Waals surface area (Å²) in [7, 11) is 3.13. The normalized spacial score (nSPS) is 10.5. The van der Waals surface area contributed by atoms with Gasteiger partial charge in [0.05, 0.1) is 20.8 Å². The molecule has 0 atom stereocenters. The zero-order valence-corrected chi connectivity index (χ0v) is 15.1. The minimum atomic E-state index is -0.315. The minimum absolute atomic E-state index is 0.110. The number of benzene rings is 2. The third-order valence-electron chi connectivity index (χ3n) is 4.09. The molecule has 0 spiro atoms. The second-order valence-electron chi connectivity index (χ2n) is 5.85. The fourth-order valence-electron chi connectivity index (χ4n) is 2.70. The van der Waals surface area contributed by atoms with Gasteiger partial charge in [-0.25, -0.2) is 4.39 Å². The molecule has 0 aromatic heterocycles. The van der Waals surface area contributed by atoms with Gasteiger partial charge in [0, 0.05) is 31.1 Å². The van der Waals surface area contributed by atoms with Crippen LogP contribution in [-0.2, 0) is 17.8 Å². The molecule has 1 N–H and O–H groups in total. The van der Waals surface area contributed by atoms with Crippen LogP contribution in [0.15, 0.2) is 42.5 Å². The van der Waals surface area contributed by atoms with E-state index in [4.69, 9.17) is 9.47 Å². The van der Waals surface area contributed by atoms with Crippen LogP contribution in [0.5, 0.6) is 11.5 Å². The highest BCUT2D eigenvalue weighted by molar-refractivity contribution is 5.76. The molecule has 140 valence electrons. The summed E-state index contributed by atoms with van der Waals surface area (Å²) in [5.74, 6) is 0.855. The number of amides is 1. The van der Waals surface area contributed by atoms with Crippen molar-refractivity contribution in [2.75, 3.05) is 27.4 Å². The number of carbonyl (C=O) groups excluding carboxylic acids is 1. The van der Waals surface area contributed by atoms with Gasteiger partial charge in [0.1, 0.15) is 17.3 Å². The molecule has 5 nitrogen and oxygen atoms in total. The first-order chi connectivity index (χ1) is 12.6. The lowest BCUT2D eigenvalue weighted by Gasteiger charge is -2.23. The minimum Gasteiger partial charge on any atom is -0.497 e. The van der Waals surface area contributed by atoms with E-state index in [2.05, 4.69) is 0 Å². The van der Waals surface area contributed by atoms with Crippen LogP contribution in [-0.4, -0.2) is 43.3 Å². The van der Waals surface area contributed by atoms with Crippen molar-refractivity contribution in [2.24, 2.45) is 0 Å². The Morgan fingerprint density at radius 2 is 1.96 bits per heavy atom. The Labute approximate surface area is 153 Å². The Kier molecular flexibility index (Phi) is 7.41. The molecule has 0 saturated heterocycles. The SMILES string of the molecule is COc1ccc(CN(CCO)C(=O)CCc2cccc(F)c2)c(OC)c1. The van der Waals surface area contributed by atoms with Crippen LogP contribution in [0.1, 0.15) is 17.5 Å². The molecule has 26 heavy (non-hydrogen) atoms. The van der Waals surface area contributed by atoms with Gasteiger partial charge in [0.25, 0.3) is 0 Å². The highest BCUT2D eigenvalue weighted by Crippen LogP contribution is 2.26. The van der Waals surface area contributed by atoms with Gasteiger partial charge in [0.2, 0.25) is 5.91 Å². The van der Waals surface area contributed by atoms with Crippen LogP contribution < -0.4 is 9.47 Å². The Morgan fingerprint density at radius 3 is 2.62 bits per heavy atom. The van der Waals surface area contributed by atoms with Gasteiger partial charge in [0.15, 0.2) is 0 Å². The lowest BCUT2D eigenvalue weighted by molar-refractivity contribution is -0.132. The fraction of sp³-hybridized carbons (Fsp3) is 0.350. The van der Waals surface area contributed by atoms with E-state index in [1.54, 1.807) is 43.4 Å². The second kappa shape index (κ2) is 9.77. The number of nitrogens with zero attached hydrogens (tertiary/aromatic N) is 1. The maximum Gasteiger partial charge on any atom is 0.223 e. The summed E-state index contributed by atoms with van der Waals surface area (Å²) < 4.78 is 23.8. The number of ether oxygens (including phenoxy) is 2. The lowest BCUT2D eigenvalue weighted by atomic mass is 10.1. The van der Waals surface area contributed by atoms with Crippen molar-refractivity contribution in [3.63, 3.8) is 0 Å². The van der Waals surface area contributed by atoms with Crippen molar-refractivity contribution in [3.05, 3.63) is 59.4 Å². The van der Waals surface area contributed by atoms with Crippen LogP contribution >= 0.6 is 0 Å². The number of rotatable bonds is 9. The van der Waals surface area contributed by atoms with Crippen molar-refractivity contribution >= 4 is 5.91 Å². The van der Waals surface area contributed by atoms with Crippen molar-refractivity contribution in [2.45, 2.75) is 19.4 Å². The molecule has 0 aliphatic heterocycles. The van der Waals surface area contributed by atoms with Crippen LogP contribution in [0.4, 0.5) is 4.39 Å². The lowest BCUT2D eigenvalue weighted by Crippen LogP contribution is -2.33. The summed E-state index contributed by atoms with van der Waals surface area (Å²) in [6.07, 6.45) is 0.681. The number of aryl methyl sites for hydroxylation is 1. The topological polar surface area (TPSA) is 59.0 Å². The zero-order chi connectivity index (χ0) is 18.9. The summed E-state index contributed by atoms with van der Waals surface area (Å²) in [5.41, 5.74) is 1.59. The number of hydrogen-bond acceptors (Lipinski definition) is 4. The van der Waals surface area contributed by atoms with Gasteiger partial charge >= 0.3 is 0 Å². The first kappa shape index (κ1) is 19.7. The fourth-order valence-corrected chi connectivity index (χ4v) is 2.70. The quantitative estimate of drug-likeness (QED) is 0.746.